The molecule has 8 heteroatoms. The Bertz CT molecular complexity index is 798. The van der Waals surface area contributed by atoms with Gasteiger partial charge in [0.15, 0.2) is 5.82 Å². The molecule has 0 radical (unpaired) electrons. The summed E-state index contributed by atoms with van der Waals surface area (Å²) in [5, 5.41) is 5.71. The number of amides is 2. The molecule has 0 aliphatic carbocycles. The molecule has 1 aliphatic heterocycles. The number of morpholine rings is 1. The normalized spacial score (nSPS) is 14.0. The van der Waals surface area contributed by atoms with Crippen molar-refractivity contribution in [3.63, 3.8) is 0 Å². The predicted molar refractivity (Wildman–Crippen MR) is 108 cm³/mol. The van der Waals surface area contributed by atoms with E-state index in [2.05, 4.69) is 31.6 Å². The van der Waals surface area contributed by atoms with E-state index < -0.39 is 0 Å². The summed E-state index contributed by atoms with van der Waals surface area (Å²) in [7, 11) is 3.77. The van der Waals surface area contributed by atoms with Gasteiger partial charge in [-0.25, -0.2) is 9.78 Å². The Labute approximate surface area is 159 Å². The zero-order valence-electron chi connectivity index (χ0n) is 16.2. The molecule has 0 unspecified atom stereocenters. The van der Waals surface area contributed by atoms with Crippen LogP contribution in [0.3, 0.4) is 0 Å². The first kappa shape index (κ1) is 18.9. The number of ether oxygens (including phenoxy) is 1. The lowest BCUT2D eigenvalue weighted by Gasteiger charge is -2.28. The highest BCUT2D eigenvalue weighted by Crippen LogP contribution is 2.24. The molecule has 2 N–H and O–H groups in total. The Kier molecular flexibility index (Phi) is 5.75. The van der Waals surface area contributed by atoms with E-state index in [1.165, 1.54) is 0 Å². The van der Waals surface area contributed by atoms with Gasteiger partial charge in [0, 0.05) is 32.9 Å². The number of nitrogens with zero attached hydrogens (tertiary/aromatic N) is 4. The van der Waals surface area contributed by atoms with Crippen LogP contribution in [-0.2, 0) is 4.74 Å². The second kappa shape index (κ2) is 8.22. The number of hydrogen-bond acceptors (Lipinski definition) is 6. The first-order valence-electron chi connectivity index (χ1n) is 8.96. The third-order valence-corrected chi connectivity index (χ3v) is 4.20. The third kappa shape index (κ3) is 4.85. The Hall–Kier alpha value is -2.87. The van der Waals surface area contributed by atoms with Crippen molar-refractivity contribution in [2.75, 3.05) is 60.8 Å². The molecular weight excluding hydrogens is 344 g/mol. The highest BCUT2D eigenvalue weighted by molar-refractivity contribution is 6.01. The smallest absolute Gasteiger partial charge is 0.323 e. The van der Waals surface area contributed by atoms with E-state index in [-0.39, 0.29) is 6.03 Å². The van der Waals surface area contributed by atoms with E-state index >= 15 is 0 Å². The van der Waals surface area contributed by atoms with Crippen molar-refractivity contribution in [3.05, 3.63) is 35.5 Å². The SMILES string of the molecule is Cc1cc(C)cc(NC(=O)Nc2cnc(N3CCOCC3)nc2N(C)C)c1. The van der Waals surface area contributed by atoms with E-state index in [0.29, 0.717) is 30.7 Å². The molecule has 8 nitrogen and oxygen atoms in total. The molecule has 0 saturated carbocycles. The maximum absolute atomic E-state index is 12.4. The number of carbonyl (C=O) groups excluding carboxylic acids is 1. The maximum atomic E-state index is 12.4. The van der Waals surface area contributed by atoms with Gasteiger partial charge < -0.3 is 25.2 Å². The molecule has 1 aromatic carbocycles. The van der Waals surface area contributed by atoms with Crippen LogP contribution in [-0.4, -0.2) is 56.4 Å². The van der Waals surface area contributed by atoms with Crippen LogP contribution in [0.5, 0.6) is 0 Å². The molecule has 1 aliphatic rings. The Morgan fingerprint density at radius 2 is 1.78 bits per heavy atom. The number of aryl methyl sites for hydroxylation is 2. The molecule has 144 valence electrons. The van der Waals surface area contributed by atoms with E-state index in [4.69, 9.17) is 4.74 Å². The number of anilines is 4. The number of nitrogens with one attached hydrogen (secondary N) is 2. The molecule has 2 heterocycles. The zero-order valence-corrected chi connectivity index (χ0v) is 16.2. The summed E-state index contributed by atoms with van der Waals surface area (Å²) in [4.78, 5) is 25.4. The fourth-order valence-corrected chi connectivity index (χ4v) is 3.04. The van der Waals surface area contributed by atoms with Crippen LogP contribution < -0.4 is 20.4 Å². The second-order valence-electron chi connectivity index (χ2n) is 6.86. The molecule has 27 heavy (non-hydrogen) atoms. The van der Waals surface area contributed by atoms with Crippen molar-refractivity contribution in [2.45, 2.75) is 13.8 Å². The highest BCUT2D eigenvalue weighted by Gasteiger charge is 2.18. The summed E-state index contributed by atoms with van der Waals surface area (Å²) >= 11 is 0. The van der Waals surface area contributed by atoms with E-state index in [0.717, 1.165) is 29.9 Å². The summed E-state index contributed by atoms with van der Waals surface area (Å²) in [6.45, 7) is 6.84. The molecule has 1 aromatic heterocycles. The number of urea groups is 1. The van der Waals surface area contributed by atoms with Crippen LogP contribution in [0.15, 0.2) is 24.4 Å². The van der Waals surface area contributed by atoms with Gasteiger partial charge in [0.1, 0.15) is 5.69 Å². The van der Waals surface area contributed by atoms with E-state index in [9.17, 15) is 4.79 Å². The summed E-state index contributed by atoms with van der Waals surface area (Å²) in [5.74, 6) is 1.30. The maximum Gasteiger partial charge on any atom is 0.323 e. The van der Waals surface area contributed by atoms with Crippen molar-refractivity contribution in [2.24, 2.45) is 0 Å². The van der Waals surface area contributed by atoms with Gasteiger partial charge in [0.05, 0.1) is 19.4 Å². The average molecular weight is 370 g/mol. The van der Waals surface area contributed by atoms with E-state index in [1.54, 1.807) is 6.20 Å². The second-order valence-corrected chi connectivity index (χ2v) is 6.86. The fourth-order valence-electron chi connectivity index (χ4n) is 3.04. The summed E-state index contributed by atoms with van der Waals surface area (Å²) < 4.78 is 5.38. The minimum Gasteiger partial charge on any atom is -0.378 e. The largest absolute Gasteiger partial charge is 0.378 e. The summed E-state index contributed by atoms with van der Waals surface area (Å²) in [6, 6.07) is 5.59. The van der Waals surface area contributed by atoms with Gasteiger partial charge >= 0.3 is 6.03 Å². The minimum absolute atomic E-state index is 0.328. The number of hydrogen-bond donors (Lipinski definition) is 2. The zero-order chi connectivity index (χ0) is 19.4. The average Bonchev–Trinajstić information content (AvgIpc) is 2.61. The molecule has 2 aromatic rings. The van der Waals surface area contributed by atoms with Crippen molar-refractivity contribution in [1.82, 2.24) is 9.97 Å². The van der Waals surface area contributed by atoms with Crippen LogP contribution in [0.25, 0.3) is 0 Å². The minimum atomic E-state index is -0.328. The van der Waals surface area contributed by atoms with E-state index in [1.807, 2.05) is 45.0 Å². The van der Waals surface area contributed by atoms with Crippen LogP contribution in [0.2, 0.25) is 0 Å². The molecule has 2 amide bonds. The van der Waals surface area contributed by atoms with Gasteiger partial charge in [-0.05, 0) is 37.1 Å². The Balaban J connectivity index is 1.75. The van der Waals surface area contributed by atoms with Gasteiger partial charge in [-0.3, -0.25) is 0 Å². The molecule has 0 bridgehead atoms. The van der Waals surface area contributed by atoms with Crippen LogP contribution in [0, 0.1) is 13.8 Å². The molecule has 1 fully saturated rings. The number of aromatic nitrogens is 2. The predicted octanol–water partition coefficient (Wildman–Crippen LogP) is 2.64. The Morgan fingerprint density at radius 3 is 2.41 bits per heavy atom. The molecule has 0 atom stereocenters. The van der Waals surface area contributed by atoms with Gasteiger partial charge in [0.25, 0.3) is 0 Å². The molecular formula is C19H26N6O2. The quantitative estimate of drug-likeness (QED) is 0.861. The van der Waals surface area contributed by atoms with Crippen LogP contribution in [0.1, 0.15) is 11.1 Å². The van der Waals surface area contributed by atoms with Gasteiger partial charge in [-0.15, -0.1) is 0 Å². The van der Waals surface area contributed by atoms with Gasteiger partial charge in [0.2, 0.25) is 5.95 Å². The van der Waals surface area contributed by atoms with Crippen LogP contribution in [0.4, 0.5) is 27.9 Å². The summed E-state index contributed by atoms with van der Waals surface area (Å²) in [5.41, 5.74) is 3.50. The van der Waals surface area contributed by atoms with Crippen molar-refractivity contribution >= 4 is 29.2 Å². The highest BCUT2D eigenvalue weighted by atomic mass is 16.5. The Morgan fingerprint density at radius 1 is 1.11 bits per heavy atom. The third-order valence-electron chi connectivity index (χ3n) is 4.20. The fraction of sp³-hybridized carbons (Fsp3) is 0.421. The first-order chi connectivity index (χ1) is 12.9. The monoisotopic (exact) mass is 370 g/mol. The number of carbonyl (C=O) groups is 1. The topological polar surface area (TPSA) is 82.6 Å². The van der Waals surface area contributed by atoms with Crippen LogP contribution >= 0.6 is 0 Å². The molecule has 0 spiro atoms. The molecule has 1 saturated heterocycles. The van der Waals surface area contributed by atoms with Gasteiger partial charge in [-0.1, -0.05) is 6.07 Å². The summed E-state index contributed by atoms with van der Waals surface area (Å²) in [6.07, 6.45) is 1.65. The van der Waals surface area contributed by atoms with Crippen molar-refractivity contribution in [3.8, 4) is 0 Å². The molecule has 3 rings (SSSR count). The first-order valence-corrected chi connectivity index (χ1v) is 8.96. The van der Waals surface area contributed by atoms with Crippen molar-refractivity contribution in [1.29, 1.82) is 0 Å². The van der Waals surface area contributed by atoms with Crippen molar-refractivity contribution < 1.29 is 9.53 Å². The lowest BCUT2D eigenvalue weighted by molar-refractivity contribution is 0.122. The standard InChI is InChI=1S/C19H26N6O2/c1-13-9-14(2)11-15(10-13)21-19(26)22-16-12-20-18(23-17(16)24(3)4)25-5-7-27-8-6-25/h9-12H,5-8H2,1-4H3,(H2,21,22,26). The van der Waals surface area contributed by atoms with Gasteiger partial charge in [-0.2, -0.15) is 4.98 Å². The number of benzene rings is 1. The number of rotatable bonds is 4. The lowest BCUT2D eigenvalue weighted by atomic mass is 10.1. The lowest BCUT2D eigenvalue weighted by Crippen LogP contribution is -2.37.